The van der Waals surface area contributed by atoms with Crippen molar-refractivity contribution >= 4 is 28.9 Å². The molecule has 0 unspecified atom stereocenters. The van der Waals surface area contributed by atoms with Crippen molar-refractivity contribution in [3.8, 4) is 5.69 Å². The SMILES string of the molecule is Cc1ccc(NC(=O)c2cnn(-c3cccc(Cl)c3)c2C(F)(F)F)cc1[N+](=O)[O-]. The van der Waals surface area contributed by atoms with Gasteiger partial charge in [-0.15, -0.1) is 0 Å². The first-order valence-electron chi connectivity index (χ1n) is 8.05. The van der Waals surface area contributed by atoms with Gasteiger partial charge in [0.15, 0.2) is 5.69 Å². The van der Waals surface area contributed by atoms with Crippen LogP contribution in [-0.4, -0.2) is 20.6 Å². The lowest BCUT2D eigenvalue weighted by Gasteiger charge is -2.13. The molecule has 0 radical (unpaired) electrons. The van der Waals surface area contributed by atoms with Crippen LogP contribution in [0.1, 0.15) is 21.6 Å². The number of hydrogen-bond donors (Lipinski definition) is 1. The molecule has 1 N–H and O–H groups in total. The third kappa shape index (κ3) is 4.21. The highest BCUT2D eigenvalue weighted by Gasteiger charge is 2.40. The van der Waals surface area contributed by atoms with E-state index in [0.717, 1.165) is 12.3 Å². The van der Waals surface area contributed by atoms with Crippen LogP contribution in [0.3, 0.4) is 0 Å². The lowest BCUT2D eigenvalue weighted by Crippen LogP contribution is -2.20. The van der Waals surface area contributed by atoms with Gasteiger partial charge in [0.1, 0.15) is 0 Å². The Hall–Kier alpha value is -3.40. The van der Waals surface area contributed by atoms with Crippen LogP contribution in [0.25, 0.3) is 5.69 Å². The van der Waals surface area contributed by atoms with Gasteiger partial charge in [-0.1, -0.05) is 23.7 Å². The Kier molecular flexibility index (Phi) is 5.29. The van der Waals surface area contributed by atoms with Crippen LogP contribution in [0, 0.1) is 17.0 Å². The zero-order chi connectivity index (χ0) is 21.3. The average Bonchev–Trinajstić information content (AvgIpc) is 3.09. The van der Waals surface area contributed by atoms with E-state index in [1.807, 2.05) is 0 Å². The Morgan fingerprint density at radius 3 is 2.59 bits per heavy atom. The minimum atomic E-state index is -4.90. The first kappa shape index (κ1) is 20.3. The number of carbonyl (C=O) groups is 1. The van der Waals surface area contributed by atoms with Gasteiger partial charge < -0.3 is 5.32 Å². The molecular formula is C18H12ClF3N4O3. The minimum Gasteiger partial charge on any atom is -0.322 e. The summed E-state index contributed by atoms with van der Waals surface area (Å²) >= 11 is 5.83. The Morgan fingerprint density at radius 1 is 1.24 bits per heavy atom. The number of rotatable bonds is 4. The fraction of sp³-hybridized carbons (Fsp3) is 0.111. The molecule has 1 aromatic heterocycles. The maximum absolute atomic E-state index is 13.7. The third-order valence-corrected chi connectivity index (χ3v) is 4.23. The summed E-state index contributed by atoms with van der Waals surface area (Å²) in [6.45, 7) is 1.50. The van der Waals surface area contributed by atoms with E-state index < -0.39 is 28.3 Å². The van der Waals surface area contributed by atoms with Crippen molar-refractivity contribution in [2.75, 3.05) is 5.32 Å². The molecule has 0 saturated carbocycles. The summed E-state index contributed by atoms with van der Waals surface area (Å²) in [7, 11) is 0. The standard InChI is InChI=1S/C18H12ClF3N4O3/c1-10-5-6-12(8-15(10)26(28)29)24-17(27)14-9-23-25(16(14)18(20,21)22)13-4-2-3-11(19)7-13/h2-9H,1H3,(H,24,27). The Labute approximate surface area is 166 Å². The average molecular weight is 425 g/mol. The second-order valence-corrected chi connectivity index (χ2v) is 6.45. The number of hydrogen-bond acceptors (Lipinski definition) is 4. The zero-order valence-corrected chi connectivity index (χ0v) is 15.5. The normalized spacial score (nSPS) is 11.3. The number of aromatic nitrogens is 2. The quantitative estimate of drug-likeness (QED) is 0.470. The molecule has 0 spiro atoms. The van der Waals surface area contributed by atoms with E-state index in [-0.39, 0.29) is 22.1 Å². The molecule has 0 aliphatic carbocycles. The van der Waals surface area contributed by atoms with Crippen LogP contribution < -0.4 is 5.32 Å². The summed E-state index contributed by atoms with van der Waals surface area (Å²) < 4.78 is 41.6. The van der Waals surface area contributed by atoms with E-state index in [1.165, 1.54) is 43.3 Å². The molecule has 0 atom stereocenters. The molecule has 3 aromatic rings. The molecule has 0 fully saturated rings. The Bertz CT molecular complexity index is 1110. The molecular weight excluding hydrogens is 413 g/mol. The summed E-state index contributed by atoms with van der Waals surface area (Å²) in [6.07, 6.45) is -4.12. The number of benzene rings is 2. The molecule has 2 aromatic carbocycles. The molecule has 0 aliphatic heterocycles. The minimum absolute atomic E-state index is 0.0177. The topological polar surface area (TPSA) is 90.1 Å². The van der Waals surface area contributed by atoms with Crippen molar-refractivity contribution in [1.82, 2.24) is 9.78 Å². The van der Waals surface area contributed by atoms with Crippen LogP contribution in [0.15, 0.2) is 48.7 Å². The van der Waals surface area contributed by atoms with Gasteiger partial charge in [0.05, 0.1) is 22.4 Å². The first-order chi connectivity index (χ1) is 13.6. The van der Waals surface area contributed by atoms with Crippen molar-refractivity contribution in [3.05, 3.63) is 80.6 Å². The van der Waals surface area contributed by atoms with Crippen LogP contribution in [0.4, 0.5) is 24.5 Å². The number of nitro groups is 1. The summed E-state index contributed by atoms with van der Waals surface area (Å²) in [5, 5.41) is 17.2. The van der Waals surface area contributed by atoms with Crippen molar-refractivity contribution in [3.63, 3.8) is 0 Å². The van der Waals surface area contributed by atoms with Crippen molar-refractivity contribution < 1.29 is 22.9 Å². The van der Waals surface area contributed by atoms with Gasteiger partial charge in [-0.05, 0) is 31.2 Å². The number of nitrogens with zero attached hydrogens (tertiary/aromatic N) is 3. The molecule has 1 heterocycles. The van der Waals surface area contributed by atoms with Crippen molar-refractivity contribution in [2.24, 2.45) is 0 Å². The van der Waals surface area contributed by atoms with Crippen molar-refractivity contribution in [1.29, 1.82) is 0 Å². The first-order valence-corrected chi connectivity index (χ1v) is 8.43. The van der Waals surface area contributed by atoms with E-state index in [9.17, 15) is 28.1 Å². The highest BCUT2D eigenvalue weighted by Crippen LogP contribution is 2.34. The van der Waals surface area contributed by atoms with E-state index >= 15 is 0 Å². The number of nitrogens with one attached hydrogen (secondary N) is 1. The number of aryl methyl sites for hydroxylation is 1. The molecule has 150 valence electrons. The van der Waals surface area contributed by atoms with Gasteiger partial charge >= 0.3 is 6.18 Å². The lowest BCUT2D eigenvalue weighted by atomic mass is 10.1. The zero-order valence-electron chi connectivity index (χ0n) is 14.7. The highest BCUT2D eigenvalue weighted by atomic mass is 35.5. The molecule has 0 bridgehead atoms. The predicted molar refractivity (Wildman–Crippen MR) is 99.4 cm³/mol. The number of anilines is 1. The molecule has 0 saturated heterocycles. The molecule has 3 rings (SSSR count). The van der Waals surface area contributed by atoms with Gasteiger partial charge in [0.25, 0.3) is 11.6 Å². The summed E-state index contributed by atoms with van der Waals surface area (Å²) in [4.78, 5) is 22.9. The number of amides is 1. The molecule has 29 heavy (non-hydrogen) atoms. The van der Waals surface area contributed by atoms with E-state index in [0.29, 0.717) is 10.2 Å². The number of halogens is 4. The largest absolute Gasteiger partial charge is 0.434 e. The summed E-state index contributed by atoms with van der Waals surface area (Å²) in [5.41, 5.74) is -1.95. The highest BCUT2D eigenvalue weighted by molar-refractivity contribution is 6.30. The van der Waals surface area contributed by atoms with E-state index in [1.54, 1.807) is 0 Å². The van der Waals surface area contributed by atoms with Crippen molar-refractivity contribution in [2.45, 2.75) is 13.1 Å². The number of nitro benzene ring substituents is 1. The van der Waals surface area contributed by atoms with Gasteiger partial charge in [-0.25, -0.2) is 4.68 Å². The number of carbonyl (C=O) groups excluding carboxylic acids is 1. The smallest absolute Gasteiger partial charge is 0.322 e. The second kappa shape index (κ2) is 7.55. The van der Waals surface area contributed by atoms with Gasteiger partial charge in [0.2, 0.25) is 0 Å². The molecule has 1 amide bonds. The van der Waals surface area contributed by atoms with E-state index in [2.05, 4.69) is 10.4 Å². The fourth-order valence-electron chi connectivity index (χ4n) is 2.67. The fourth-order valence-corrected chi connectivity index (χ4v) is 2.86. The molecule has 11 heteroatoms. The van der Waals surface area contributed by atoms with Gasteiger partial charge in [-0.3, -0.25) is 14.9 Å². The van der Waals surface area contributed by atoms with Gasteiger partial charge in [0, 0.05) is 22.3 Å². The lowest BCUT2D eigenvalue weighted by molar-refractivity contribution is -0.385. The maximum Gasteiger partial charge on any atom is 0.434 e. The van der Waals surface area contributed by atoms with Gasteiger partial charge in [-0.2, -0.15) is 18.3 Å². The van der Waals surface area contributed by atoms with Crippen LogP contribution in [0.2, 0.25) is 5.02 Å². The summed E-state index contributed by atoms with van der Waals surface area (Å²) in [6, 6.07) is 9.38. The maximum atomic E-state index is 13.7. The van der Waals surface area contributed by atoms with Crippen LogP contribution in [-0.2, 0) is 6.18 Å². The second-order valence-electron chi connectivity index (χ2n) is 6.01. The molecule has 7 nitrogen and oxygen atoms in total. The monoisotopic (exact) mass is 424 g/mol. The number of alkyl halides is 3. The van der Waals surface area contributed by atoms with Crippen LogP contribution >= 0.6 is 11.6 Å². The molecule has 0 aliphatic rings. The summed E-state index contributed by atoms with van der Waals surface area (Å²) in [5.74, 6) is -1.11. The third-order valence-electron chi connectivity index (χ3n) is 4.00. The predicted octanol–water partition coefficient (Wildman–Crippen LogP) is 5.01. The van der Waals surface area contributed by atoms with Crippen LogP contribution in [0.5, 0.6) is 0 Å². The Balaban J connectivity index is 2.02. The van der Waals surface area contributed by atoms with E-state index in [4.69, 9.17) is 11.6 Å². The Morgan fingerprint density at radius 2 is 1.97 bits per heavy atom.